The normalized spacial score (nSPS) is 19.3. The van der Waals surface area contributed by atoms with E-state index in [1.165, 1.54) is 0 Å². The van der Waals surface area contributed by atoms with Crippen LogP contribution in [0.15, 0.2) is 41.3 Å². The Labute approximate surface area is 169 Å². The summed E-state index contributed by atoms with van der Waals surface area (Å²) in [6, 6.07) is 5.53. The number of amides is 1. The molecule has 1 saturated heterocycles. The zero-order chi connectivity index (χ0) is 19.8. The van der Waals surface area contributed by atoms with Crippen molar-refractivity contribution in [2.24, 2.45) is 0 Å². The minimum atomic E-state index is 0.0244. The molecule has 0 spiro atoms. The monoisotopic (exact) mass is 389 g/mol. The molecule has 1 aliphatic heterocycles. The van der Waals surface area contributed by atoms with Gasteiger partial charge < -0.3 is 9.42 Å². The van der Waals surface area contributed by atoms with Crippen LogP contribution in [0.4, 0.5) is 0 Å². The molecule has 0 bridgehead atoms. The highest BCUT2D eigenvalue weighted by Gasteiger charge is 2.32. The number of aromatic nitrogens is 4. The van der Waals surface area contributed by atoms with E-state index in [9.17, 15) is 4.79 Å². The smallest absolute Gasteiger partial charge is 0.255 e. The first kappa shape index (κ1) is 18.0. The lowest BCUT2D eigenvalue weighted by atomic mass is 9.91. The summed E-state index contributed by atoms with van der Waals surface area (Å²) in [5.41, 5.74) is 3.31. The van der Waals surface area contributed by atoms with Gasteiger partial charge in [-0.05, 0) is 44.7 Å². The fourth-order valence-electron chi connectivity index (χ4n) is 4.00. The Bertz CT molecular complexity index is 1030. The molecule has 0 radical (unpaired) electrons. The lowest BCUT2D eigenvalue weighted by Gasteiger charge is -2.33. The summed E-state index contributed by atoms with van der Waals surface area (Å²) in [5.74, 6) is 2.24. The second-order valence-corrected chi connectivity index (χ2v) is 7.97. The van der Waals surface area contributed by atoms with Crippen molar-refractivity contribution in [1.29, 1.82) is 0 Å². The third-order valence-electron chi connectivity index (χ3n) is 5.68. The van der Waals surface area contributed by atoms with Gasteiger partial charge in [-0.3, -0.25) is 9.78 Å². The van der Waals surface area contributed by atoms with Crippen LogP contribution < -0.4 is 0 Å². The Balaban J connectivity index is 1.47. The highest BCUT2D eigenvalue weighted by atomic mass is 16.5. The molecule has 1 aliphatic carbocycles. The third kappa shape index (κ3) is 3.64. The summed E-state index contributed by atoms with van der Waals surface area (Å²) in [6.07, 6.45) is 9.41. The fourth-order valence-corrected chi connectivity index (χ4v) is 4.00. The number of likely N-dealkylation sites (tertiary alicyclic amines) is 1. The molecular weight excluding hydrogens is 366 g/mol. The maximum absolute atomic E-state index is 12.9. The summed E-state index contributed by atoms with van der Waals surface area (Å²) < 4.78 is 5.52. The van der Waals surface area contributed by atoms with Gasteiger partial charge in [-0.1, -0.05) is 5.16 Å². The van der Waals surface area contributed by atoms with Gasteiger partial charge in [0, 0.05) is 49.6 Å². The highest BCUT2D eigenvalue weighted by molar-refractivity contribution is 5.94. The second kappa shape index (κ2) is 7.39. The molecule has 5 rings (SSSR count). The van der Waals surface area contributed by atoms with Crippen LogP contribution in [0.2, 0.25) is 0 Å². The largest absolute Gasteiger partial charge is 0.356 e. The van der Waals surface area contributed by atoms with Gasteiger partial charge in [0.15, 0.2) is 5.76 Å². The molecule has 29 heavy (non-hydrogen) atoms. The number of carbonyl (C=O) groups excluding carboxylic acids is 1. The molecule has 7 heteroatoms. The molecule has 1 amide bonds. The molecule has 1 saturated carbocycles. The van der Waals surface area contributed by atoms with E-state index < -0.39 is 0 Å². The summed E-state index contributed by atoms with van der Waals surface area (Å²) in [7, 11) is 0. The van der Waals surface area contributed by atoms with Crippen LogP contribution in [0.5, 0.6) is 0 Å². The number of hydrogen-bond acceptors (Lipinski definition) is 6. The van der Waals surface area contributed by atoms with Crippen molar-refractivity contribution in [3.8, 4) is 11.3 Å². The van der Waals surface area contributed by atoms with Crippen LogP contribution in [-0.4, -0.2) is 44.0 Å². The van der Waals surface area contributed by atoms with Crippen molar-refractivity contribution >= 4 is 5.91 Å². The zero-order valence-corrected chi connectivity index (χ0v) is 16.4. The number of aryl methyl sites for hydroxylation is 1. The van der Waals surface area contributed by atoms with E-state index in [1.54, 1.807) is 18.5 Å². The molecule has 7 nitrogen and oxygen atoms in total. The van der Waals surface area contributed by atoms with Gasteiger partial charge in [-0.2, -0.15) is 0 Å². The molecule has 2 fully saturated rings. The Morgan fingerprint density at radius 1 is 1.21 bits per heavy atom. The van der Waals surface area contributed by atoms with Crippen LogP contribution in [0.1, 0.15) is 65.1 Å². The van der Waals surface area contributed by atoms with E-state index in [4.69, 9.17) is 9.51 Å². The summed E-state index contributed by atoms with van der Waals surface area (Å²) in [5, 5.41) is 4.03. The standard InChI is InChI=1S/C22H23N5O2/c1-14-10-19(29-26-14)18-12-24-21(15-6-7-15)25-20(18)17-5-3-9-27(13-17)22(28)16-4-2-8-23-11-16/h2,4,8,10-12,15,17H,3,5-7,9,13H2,1H3. The molecule has 2 aliphatic rings. The predicted molar refractivity (Wildman–Crippen MR) is 106 cm³/mol. The minimum Gasteiger partial charge on any atom is -0.356 e. The molecule has 148 valence electrons. The Kier molecular flexibility index (Phi) is 4.58. The van der Waals surface area contributed by atoms with Gasteiger partial charge in [0.1, 0.15) is 5.82 Å². The lowest BCUT2D eigenvalue weighted by molar-refractivity contribution is 0.0705. The van der Waals surface area contributed by atoms with E-state index in [1.807, 2.05) is 30.2 Å². The van der Waals surface area contributed by atoms with Gasteiger partial charge >= 0.3 is 0 Å². The van der Waals surface area contributed by atoms with Crippen LogP contribution in [0.25, 0.3) is 11.3 Å². The second-order valence-electron chi connectivity index (χ2n) is 7.97. The number of nitrogens with zero attached hydrogens (tertiary/aromatic N) is 5. The average molecular weight is 389 g/mol. The van der Waals surface area contributed by atoms with E-state index >= 15 is 0 Å². The van der Waals surface area contributed by atoms with Crippen molar-refractivity contribution in [2.45, 2.75) is 44.4 Å². The number of carbonyl (C=O) groups is 1. The number of pyridine rings is 1. The summed E-state index contributed by atoms with van der Waals surface area (Å²) in [6.45, 7) is 3.29. The van der Waals surface area contributed by atoms with E-state index in [-0.39, 0.29) is 11.8 Å². The third-order valence-corrected chi connectivity index (χ3v) is 5.68. The number of hydrogen-bond donors (Lipinski definition) is 0. The average Bonchev–Trinajstić information content (AvgIpc) is 3.54. The van der Waals surface area contributed by atoms with Crippen LogP contribution in [0, 0.1) is 6.92 Å². The number of rotatable bonds is 4. The van der Waals surface area contributed by atoms with Crippen molar-refractivity contribution < 1.29 is 9.32 Å². The molecule has 1 unspecified atom stereocenters. The maximum atomic E-state index is 12.9. The van der Waals surface area contributed by atoms with Crippen molar-refractivity contribution in [1.82, 2.24) is 25.0 Å². The molecule has 4 heterocycles. The highest BCUT2D eigenvalue weighted by Crippen LogP contribution is 2.40. The lowest BCUT2D eigenvalue weighted by Crippen LogP contribution is -2.39. The van der Waals surface area contributed by atoms with Crippen LogP contribution >= 0.6 is 0 Å². The first-order valence-corrected chi connectivity index (χ1v) is 10.2. The summed E-state index contributed by atoms with van der Waals surface area (Å²) in [4.78, 5) is 28.5. The molecule has 3 aromatic rings. The van der Waals surface area contributed by atoms with Crippen molar-refractivity contribution in [2.75, 3.05) is 13.1 Å². The molecule has 0 N–H and O–H groups in total. The molecule has 3 aromatic heterocycles. The van der Waals surface area contributed by atoms with Gasteiger partial charge in [-0.25, -0.2) is 9.97 Å². The Hall–Kier alpha value is -3.09. The van der Waals surface area contributed by atoms with E-state index in [2.05, 4.69) is 15.1 Å². The van der Waals surface area contributed by atoms with Gasteiger partial charge in [0.25, 0.3) is 5.91 Å². The minimum absolute atomic E-state index is 0.0244. The van der Waals surface area contributed by atoms with Gasteiger partial charge in [0.05, 0.1) is 22.5 Å². The maximum Gasteiger partial charge on any atom is 0.255 e. The molecule has 0 aromatic carbocycles. The molecule has 1 atom stereocenters. The van der Waals surface area contributed by atoms with Gasteiger partial charge in [-0.15, -0.1) is 0 Å². The first-order chi connectivity index (χ1) is 14.2. The van der Waals surface area contributed by atoms with Crippen molar-refractivity contribution in [3.05, 3.63) is 59.6 Å². The van der Waals surface area contributed by atoms with Gasteiger partial charge in [0.2, 0.25) is 0 Å². The first-order valence-electron chi connectivity index (χ1n) is 10.2. The molecular formula is C22H23N5O2. The fraction of sp³-hybridized carbons (Fsp3) is 0.409. The predicted octanol–water partition coefficient (Wildman–Crippen LogP) is 3.73. The quantitative estimate of drug-likeness (QED) is 0.676. The van der Waals surface area contributed by atoms with Crippen LogP contribution in [0.3, 0.4) is 0 Å². The van der Waals surface area contributed by atoms with E-state index in [0.717, 1.165) is 55.0 Å². The van der Waals surface area contributed by atoms with E-state index in [0.29, 0.717) is 23.8 Å². The topological polar surface area (TPSA) is 85.0 Å². The Morgan fingerprint density at radius 3 is 2.83 bits per heavy atom. The SMILES string of the molecule is Cc1cc(-c2cnc(C3CC3)nc2C2CCCN(C(=O)c3cccnc3)C2)on1. The number of piperidine rings is 1. The van der Waals surface area contributed by atoms with Crippen molar-refractivity contribution in [3.63, 3.8) is 0 Å². The Morgan fingerprint density at radius 2 is 2.10 bits per heavy atom. The summed E-state index contributed by atoms with van der Waals surface area (Å²) >= 11 is 0. The van der Waals surface area contributed by atoms with Crippen LogP contribution in [-0.2, 0) is 0 Å². The zero-order valence-electron chi connectivity index (χ0n) is 16.4.